The van der Waals surface area contributed by atoms with Gasteiger partial charge in [0, 0.05) is 10.6 Å². The molecule has 0 aliphatic carbocycles. The number of carbonyl (C=O) groups excluding carboxylic acids is 2. The predicted octanol–water partition coefficient (Wildman–Crippen LogP) is 2.96. The minimum atomic E-state index is -0.800. The maximum Gasteiger partial charge on any atom is 0.375 e. The number of hydrogen-bond acceptors (Lipinski definition) is 5. The van der Waals surface area contributed by atoms with Crippen LogP contribution in [0.25, 0.3) is 0 Å². The molecule has 3 N–H and O–H groups in total. The summed E-state index contributed by atoms with van der Waals surface area (Å²) in [6, 6.07) is 9.92. The van der Waals surface area contributed by atoms with Crippen molar-refractivity contribution in [3.05, 3.63) is 64.4 Å². The number of anilines is 1. The molecule has 25 heavy (non-hydrogen) atoms. The molecule has 0 saturated heterocycles. The lowest BCUT2D eigenvalue weighted by atomic mass is 10.0. The van der Waals surface area contributed by atoms with Gasteiger partial charge in [0.1, 0.15) is 5.82 Å². The number of rotatable bonds is 5. The van der Waals surface area contributed by atoms with Crippen LogP contribution in [0, 0.1) is 5.82 Å². The molecule has 6 nitrogen and oxygen atoms in total. The summed E-state index contributed by atoms with van der Waals surface area (Å²) in [7, 11) is 0. The lowest BCUT2D eigenvalue weighted by Crippen LogP contribution is -2.27. The number of nitrogens with one attached hydrogen (secondary N) is 1. The van der Waals surface area contributed by atoms with Crippen LogP contribution in [0.15, 0.2) is 47.6 Å². The SMILES string of the molecule is CCOC(=O)/C(N)=N/Nc1ccc(Cl)cc1C(=O)c1ccccc1F. The third-order valence-corrected chi connectivity index (χ3v) is 3.36. The number of ether oxygens (including phenoxy) is 1. The van der Waals surface area contributed by atoms with Crippen LogP contribution >= 0.6 is 11.6 Å². The Bertz CT molecular complexity index is 840. The summed E-state index contributed by atoms with van der Waals surface area (Å²) >= 11 is 5.93. The largest absolute Gasteiger partial charge is 0.460 e. The second-order valence-corrected chi connectivity index (χ2v) is 5.26. The van der Waals surface area contributed by atoms with Crippen molar-refractivity contribution in [2.45, 2.75) is 6.92 Å². The molecule has 0 fully saturated rings. The van der Waals surface area contributed by atoms with Crippen LogP contribution in [-0.4, -0.2) is 24.2 Å². The van der Waals surface area contributed by atoms with Gasteiger partial charge < -0.3 is 10.5 Å². The molecular weight excluding hydrogens is 349 g/mol. The molecule has 130 valence electrons. The van der Waals surface area contributed by atoms with E-state index in [1.165, 1.54) is 36.4 Å². The highest BCUT2D eigenvalue weighted by Crippen LogP contribution is 2.24. The fourth-order valence-corrected chi connectivity index (χ4v) is 2.14. The van der Waals surface area contributed by atoms with Crippen LogP contribution in [0.4, 0.5) is 10.1 Å². The highest BCUT2D eigenvalue weighted by atomic mass is 35.5. The van der Waals surface area contributed by atoms with Gasteiger partial charge in [-0.25, -0.2) is 9.18 Å². The van der Waals surface area contributed by atoms with Crippen molar-refractivity contribution in [2.75, 3.05) is 12.0 Å². The van der Waals surface area contributed by atoms with Gasteiger partial charge in [0.05, 0.1) is 17.9 Å². The summed E-state index contributed by atoms with van der Waals surface area (Å²) in [4.78, 5) is 24.1. The zero-order valence-corrected chi connectivity index (χ0v) is 14.0. The molecule has 0 atom stereocenters. The number of nitrogens with two attached hydrogens (primary N) is 1. The molecule has 0 saturated carbocycles. The molecular formula is C17H15ClFN3O3. The molecule has 0 aromatic heterocycles. The zero-order valence-electron chi connectivity index (χ0n) is 13.3. The monoisotopic (exact) mass is 363 g/mol. The summed E-state index contributed by atoms with van der Waals surface area (Å²) < 4.78 is 18.6. The number of hydrogen-bond donors (Lipinski definition) is 2. The topological polar surface area (TPSA) is 93.8 Å². The summed E-state index contributed by atoms with van der Waals surface area (Å²) in [6.07, 6.45) is 0. The number of amidine groups is 1. The van der Waals surface area contributed by atoms with Gasteiger partial charge in [-0.1, -0.05) is 23.7 Å². The van der Waals surface area contributed by atoms with E-state index in [1.54, 1.807) is 13.0 Å². The number of hydrazone groups is 1. The molecule has 2 aromatic carbocycles. The van der Waals surface area contributed by atoms with Crippen LogP contribution in [0.1, 0.15) is 22.8 Å². The molecule has 0 aliphatic heterocycles. The average molecular weight is 364 g/mol. The van der Waals surface area contributed by atoms with Gasteiger partial charge in [0.15, 0.2) is 5.78 Å². The highest BCUT2D eigenvalue weighted by Gasteiger charge is 2.18. The normalized spacial score (nSPS) is 11.1. The smallest absolute Gasteiger partial charge is 0.375 e. The lowest BCUT2D eigenvalue weighted by molar-refractivity contribution is -0.135. The van der Waals surface area contributed by atoms with Gasteiger partial charge in [-0.05, 0) is 37.3 Å². The Morgan fingerprint density at radius 1 is 1.24 bits per heavy atom. The second-order valence-electron chi connectivity index (χ2n) is 4.83. The van der Waals surface area contributed by atoms with Crippen molar-refractivity contribution >= 4 is 34.9 Å². The minimum absolute atomic E-state index is 0.0815. The molecule has 2 aromatic rings. The molecule has 0 unspecified atom stereocenters. The number of nitrogens with zero attached hydrogens (tertiary/aromatic N) is 1. The van der Waals surface area contributed by atoms with Gasteiger partial charge in [-0.2, -0.15) is 0 Å². The highest BCUT2D eigenvalue weighted by molar-refractivity contribution is 6.35. The maximum absolute atomic E-state index is 13.9. The van der Waals surface area contributed by atoms with Gasteiger partial charge in [-0.15, -0.1) is 5.10 Å². The van der Waals surface area contributed by atoms with E-state index in [1.807, 2.05) is 0 Å². The Hall–Kier alpha value is -2.93. The van der Waals surface area contributed by atoms with E-state index in [-0.39, 0.29) is 28.4 Å². The van der Waals surface area contributed by atoms with Crippen molar-refractivity contribution < 1.29 is 18.7 Å². The van der Waals surface area contributed by atoms with E-state index >= 15 is 0 Å². The lowest BCUT2D eigenvalue weighted by Gasteiger charge is -2.10. The summed E-state index contributed by atoms with van der Waals surface area (Å²) in [5, 5.41) is 3.97. The first-order chi connectivity index (χ1) is 11.9. The van der Waals surface area contributed by atoms with Crippen LogP contribution in [0.2, 0.25) is 5.02 Å². The fourth-order valence-electron chi connectivity index (χ4n) is 1.96. The third kappa shape index (κ3) is 4.54. The number of ketones is 1. The Morgan fingerprint density at radius 2 is 1.96 bits per heavy atom. The standard InChI is InChI=1S/C17H15ClFN3O3/c1-2-25-17(24)16(20)22-21-14-8-7-10(18)9-12(14)15(23)11-5-3-4-6-13(11)19/h3-9,21H,2H2,1H3,(H2,20,22). The van der Waals surface area contributed by atoms with E-state index in [0.717, 1.165) is 0 Å². The van der Waals surface area contributed by atoms with Crippen molar-refractivity contribution in [1.82, 2.24) is 0 Å². The minimum Gasteiger partial charge on any atom is -0.460 e. The number of halogens is 2. The summed E-state index contributed by atoms with van der Waals surface area (Å²) in [5.74, 6) is -2.46. The molecule has 0 aliphatic rings. The van der Waals surface area contributed by atoms with E-state index in [9.17, 15) is 14.0 Å². The molecule has 8 heteroatoms. The summed E-state index contributed by atoms with van der Waals surface area (Å²) in [6.45, 7) is 1.77. The predicted molar refractivity (Wildman–Crippen MR) is 93.2 cm³/mol. The van der Waals surface area contributed by atoms with Crippen LogP contribution in [0.3, 0.4) is 0 Å². The third-order valence-electron chi connectivity index (χ3n) is 3.13. The second kappa shape index (κ2) is 8.25. The van der Waals surface area contributed by atoms with Crippen molar-refractivity contribution in [1.29, 1.82) is 0 Å². The van der Waals surface area contributed by atoms with Gasteiger partial charge >= 0.3 is 5.97 Å². The molecule has 0 amide bonds. The van der Waals surface area contributed by atoms with Crippen molar-refractivity contribution in [3.8, 4) is 0 Å². The molecule has 0 spiro atoms. The molecule has 0 radical (unpaired) electrons. The van der Waals surface area contributed by atoms with Crippen molar-refractivity contribution in [3.63, 3.8) is 0 Å². The number of esters is 1. The molecule has 0 heterocycles. The number of carbonyl (C=O) groups is 2. The van der Waals surface area contributed by atoms with Crippen molar-refractivity contribution in [2.24, 2.45) is 10.8 Å². The molecule has 2 rings (SSSR count). The Labute approximate surface area is 148 Å². The van der Waals surface area contributed by atoms with E-state index in [0.29, 0.717) is 0 Å². The van der Waals surface area contributed by atoms with Crippen LogP contribution in [0.5, 0.6) is 0 Å². The van der Waals surface area contributed by atoms with E-state index < -0.39 is 23.4 Å². The van der Waals surface area contributed by atoms with Gasteiger partial charge in [0.2, 0.25) is 5.84 Å². The zero-order chi connectivity index (χ0) is 18.4. The first kappa shape index (κ1) is 18.4. The maximum atomic E-state index is 13.9. The number of benzene rings is 2. The Morgan fingerprint density at radius 3 is 2.64 bits per heavy atom. The molecule has 0 bridgehead atoms. The van der Waals surface area contributed by atoms with Crippen LogP contribution in [-0.2, 0) is 9.53 Å². The first-order valence-electron chi connectivity index (χ1n) is 7.29. The fraction of sp³-hybridized carbons (Fsp3) is 0.118. The van der Waals surface area contributed by atoms with Gasteiger partial charge in [0.25, 0.3) is 0 Å². The first-order valence-corrected chi connectivity index (χ1v) is 7.67. The Balaban J connectivity index is 2.35. The quantitative estimate of drug-likeness (QED) is 0.280. The van der Waals surface area contributed by atoms with E-state index in [2.05, 4.69) is 10.5 Å². The van der Waals surface area contributed by atoms with Gasteiger partial charge in [-0.3, -0.25) is 10.2 Å². The van der Waals surface area contributed by atoms with Crippen LogP contribution < -0.4 is 11.2 Å². The summed E-state index contributed by atoms with van der Waals surface area (Å²) in [5.41, 5.74) is 8.17. The van der Waals surface area contributed by atoms with E-state index in [4.69, 9.17) is 22.1 Å². The Kier molecular flexibility index (Phi) is 6.08. The average Bonchev–Trinajstić information content (AvgIpc) is 2.60.